The number of nitrogens with zero attached hydrogens (tertiary/aromatic N) is 1. The van der Waals surface area contributed by atoms with Crippen LogP contribution >= 0.6 is 0 Å². The van der Waals surface area contributed by atoms with Crippen molar-refractivity contribution >= 4 is 16.9 Å². The van der Waals surface area contributed by atoms with Crippen molar-refractivity contribution in [3.63, 3.8) is 0 Å². The van der Waals surface area contributed by atoms with Crippen LogP contribution in [0.5, 0.6) is 0 Å². The van der Waals surface area contributed by atoms with Crippen LogP contribution in [0.2, 0.25) is 0 Å². The normalized spacial score (nSPS) is 17.8. The molecule has 1 fully saturated rings. The number of nitrogens with one attached hydrogen (secondary N) is 1. The van der Waals surface area contributed by atoms with Crippen LogP contribution in [0, 0.1) is 0 Å². The highest BCUT2D eigenvalue weighted by Gasteiger charge is 2.29. The number of benzene rings is 1. The fraction of sp³-hybridized carbons (Fsp3) is 0.500. The third kappa shape index (κ3) is 3.24. The van der Waals surface area contributed by atoms with Crippen molar-refractivity contribution in [2.75, 3.05) is 6.54 Å². The third-order valence-electron chi connectivity index (χ3n) is 4.18. The molecule has 0 radical (unpaired) electrons. The van der Waals surface area contributed by atoms with Crippen LogP contribution in [0.25, 0.3) is 11.0 Å². The Morgan fingerprint density at radius 3 is 2.86 bits per heavy atom. The van der Waals surface area contributed by atoms with Crippen molar-refractivity contribution in [2.45, 2.75) is 44.1 Å². The summed E-state index contributed by atoms with van der Waals surface area (Å²) in [5.74, 6) is -0.131. The van der Waals surface area contributed by atoms with Crippen LogP contribution < -0.4 is 5.32 Å². The van der Waals surface area contributed by atoms with E-state index in [0.29, 0.717) is 17.8 Å². The van der Waals surface area contributed by atoms with Gasteiger partial charge in [-0.3, -0.25) is 4.79 Å². The molecule has 2 aromatic rings. The summed E-state index contributed by atoms with van der Waals surface area (Å²) in [6, 6.07) is 7.49. The van der Waals surface area contributed by atoms with Crippen LogP contribution in [-0.4, -0.2) is 28.3 Å². The van der Waals surface area contributed by atoms with Crippen molar-refractivity contribution in [2.24, 2.45) is 0 Å². The molecule has 5 nitrogen and oxygen atoms in total. The van der Waals surface area contributed by atoms with Gasteiger partial charge in [0.15, 0.2) is 5.58 Å². The zero-order valence-corrected chi connectivity index (χ0v) is 12.0. The first-order valence-electron chi connectivity index (χ1n) is 7.49. The van der Waals surface area contributed by atoms with Crippen molar-refractivity contribution in [1.82, 2.24) is 10.5 Å². The van der Waals surface area contributed by atoms with E-state index < -0.39 is 5.60 Å². The van der Waals surface area contributed by atoms with Gasteiger partial charge in [0, 0.05) is 11.9 Å². The molecule has 2 N–H and O–H groups in total. The van der Waals surface area contributed by atoms with Gasteiger partial charge >= 0.3 is 0 Å². The fourth-order valence-electron chi connectivity index (χ4n) is 2.93. The van der Waals surface area contributed by atoms with E-state index in [1.165, 1.54) is 6.42 Å². The number of aromatic nitrogens is 1. The molecule has 1 aromatic carbocycles. The predicted octanol–water partition coefficient (Wildman–Crippen LogP) is 2.18. The quantitative estimate of drug-likeness (QED) is 0.904. The first-order valence-corrected chi connectivity index (χ1v) is 7.49. The van der Waals surface area contributed by atoms with E-state index >= 15 is 0 Å². The number of amides is 1. The minimum Gasteiger partial charge on any atom is -0.388 e. The zero-order valence-electron chi connectivity index (χ0n) is 12.0. The lowest BCUT2D eigenvalue weighted by Gasteiger charge is -2.32. The monoisotopic (exact) mass is 288 g/mol. The average Bonchev–Trinajstić information content (AvgIpc) is 2.90. The maximum absolute atomic E-state index is 12.0. The molecule has 0 saturated heterocycles. The first-order chi connectivity index (χ1) is 10.2. The SMILES string of the molecule is O=C(Cc1noc2ccccc12)NCC1(O)CCCCC1. The number of fused-ring (bicyclic) bond motifs is 1. The average molecular weight is 288 g/mol. The van der Waals surface area contributed by atoms with Gasteiger partial charge in [-0.25, -0.2) is 0 Å². The number of hydrogen-bond acceptors (Lipinski definition) is 4. The second-order valence-corrected chi connectivity index (χ2v) is 5.86. The van der Waals surface area contributed by atoms with Gasteiger partial charge in [0.2, 0.25) is 5.91 Å². The number of aliphatic hydroxyl groups is 1. The Labute approximate surface area is 123 Å². The van der Waals surface area contributed by atoms with E-state index in [-0.39, 0.29) is 12.3 Å². The Balaban J connectivity index is 1.59. The van der Waals surface area contributed by atoms with Crippen LogP contribution in [0.15, 0.2) is 28.8 Å². The largest absolute Gasteiger partial charge is 0.388 e. The lowest BCUT2D eigenvalue weighted by Crippen LogP contribution is -2.44. The molecular formula is C16H20N2O3. The Morgan fingerprint density at radius 2 is 2.05 bits per heavy atom. The minimum absolute atomic E-state index is 0.131. The molecule has 1 amide bonds. The van der Waals surface area contributed by atoms with Crippen LogP contribution in [0.1, 0.15) is 37.8 Å². The van der Waals surface area contributed by atoms with Crippen molar-refractivity contribution in [1.29, 1.82) is 0 Å². The molecule has 1 aliphatic rings. The maximum atomic E-state index is 12.0. The first kappa shape index (κ1) is 14.1. The Bertz CT molecular complexity index is 629. The maximum Gasteiger partial charge on any atom is 0.226 e. The fourth-order valence-corrected chi connectivity index (χ4v) is 2.93. The number of carbonyl (C=O) groups excluding carboxylic acids is 1. The third-order valence-corrected chi connectivity index (χ3v) is 4.18. The molecule has 0 unspecified atom stereocenters. The second-order valence-electron chi connectivity index (χ2n) is 5.86. The summed E-state index contributed by atoms with van der Waals surface area (Å²) in [5.41, 5.74) is 0.588. The summed E-state index contributed by atoms with van der Waals surface area (Å²) in [6.07, 6.45) is 4.93. The van der Waals surface area contributed by atoms with Crippen molar-refractivity contribution in [3.8, 4) is 0 Å². The molecule has 1 heterocycles. The van der Waals surface area contributed by atoms with E-state index in [2.05, 4.69) is 10.5 Å². The van der Waals surface area contributed by atoms with Gasteiger partial charge < -0.3 is 14.9 Å². The molecule has 1 saturated carbocycles. The molecule has 0 aliphatic heterocycles. The highest BCUT2D eigenvalue weighted by atomic mass is 16.5. The van der Waals surface area contributed by atoms with Gasteiger partial charge in [0.1, 0.15) is 5.69 Å². The molecule has 21 heavy (non-hydrogen) atoms. The van der Waals surface area contributed by atoms with Gasteiger partial charge in [-0.1, -0.05) is 36.6 Å². The van der Waals surface area contributed by atoms with E-state index in [0.717, 1.165) is 31.1 Å². The molecule has 1 aromatic heterocycles. The molecule has 0 atom stereocenters. The highest BCUT2D eigenvalue weighted by Crippen LogP contribution is 2.27. The molecule has 3 rings (SSSR count). The number of carbonyl (C=O) groups is 1. The standard InChI is InChI=1S/C16H20N2O3/c19-15(17-11-16(20)8-4-1-5-9-16)10-13-12-6-2-3-7-14(12)21-18-13/h2-3,6-7,20H,1,4-5,8-11H2,(H,17,19). The van der Waals surface area contributed by atoms with Crippen molar-refractivity contribution < 1.29 is 14.4 Å². The van der Waals surface area contributed by atoms with E-state index in [1.807, 2.05) is 24.3 Å². The van der Waals surface area contributed by atoms with Gasteiger partial charge in [0.05, 0.1) is 12.0 Å². The van der Waals surface area contributed by atoms with E-state index in [4.69, 9.17) is 4.52 Å². The second kappa shape index (κ2) is 5.85. The lowest BCUT2D eigenvalue weighted by atomic mass is 9.85. The van der Waals surface area contributed by atoms with Gasteiger partial charge in [-0.15, -0.1) is 0 Å². The van der Waals surface area contributed by atoms with Crippen LogP contribution in [0.3, 0.4) is 0 Å². The summed E-state index contributed by atoms with van der Waals surface area (Å²) in [7, 11) is 0. The topological polar surface area (TPSA) is 75.4 Å². The van der Waals surface area contributed by atoms with E-state index in [1.54, 1.807) is 0 Å². The Hall–Kier alpha value is -1.88. The molecule has 1 aliphatic carbocycles. The van der Waals surface area contributed by atoms with Crippen molar-refractivity contribution in [3.05, 3.63) is 30.0 Å². The van der Waals surface area contributed by atoms with Gasteiger partial charge in [-0.2, -0.15) is 0 Å². The number of hydrogen-bond donors (Lipinski definition) is 2. The molecular weight excluding hydrogens is 268 g/mol. The summed E-state index contributed by atoms with van der Waals surface area (Å²) >= 11 is 0. The molecule has 0 spiro atoms. The lowest BCUT2D eigenvalue weighted by molar-refractivity contribution is -0.122. The van der Waals surface area contributed by atoms with Gasteiger partial charge in [0.25, 0.3) is 0 Å². The smallest absolute Gasteiger partial charge is 0.226 e. The van der Waals surface area contributed by atoms with Crippen LogP contribution in [0.4, 0.5) is 0 Å². The summed E-state index contributed by atoms with van der Waals surface area (Å²) in [4.78, 5) is 12.0. The summed E-state index contributed by atoms with van der Waals surface area (Å²) in [5, 5.41) is 18.0. The Morgan fingerprint density at radius 1 is 1.29 bits per heavy atom. The highest BCUT2D eigenvalue weighted by molar-refractivity contribution is 5.86. The summed E-state index contributed by atoms with van der Waals surface area (Å²) < 4.78 is 5.18. The number of para-hydroxylation sites is 1. The minimum atomic E-state index is -0.736. The van der Waals surface area contributed by atoms with E-state index in [9.17, 15) is 9.90 Å². The molecule has 112 valence electrons. The summed E-state index contributed by atoms with van der Waals surface area (Å²) in [6.45, 7) is 0.321. The number of rotatable bonds is 4. The Kier molecular flexibility index (Phi) is 3.92. The zero-order chi connectivity index (χ0) is 14.7. The van der Waals surface area contributed by atoms with Crippen LogP contribution in [-0.2, 0) is 11.2 Å². The van der Waals surface area contributed by atoms with Gasteiger partial charge in [-0.05, 0) is 25.0 Å². The predicted molar refractivity (Wildman–Crippen MR) is 78.8 cm³/mol. The molecule has 5 heteroatoms. The molecule has 0 bridgehead atoms.